The first kappa shape index (κ1) is 18.1. The van der Waals surface area contributed by atoms with Crippen LogP contribution < -0.4 is 4.90 Å². The molecule has 4 heterocycles. The largest absolute Gasteiger partial charge is 0.378 e. The van der Waals surface area contributed by atoms with E-state index < -0.39 is 0 Å². The first-order valence-electron chi connectivity index (χ1n) is 10.2. The normalized spacial score (nSPS) is 19.8. The van der Waals surface area contributed by atoms with Gasteiger partial charge in [0.25, 0.3) is 5.91 Å². The fraction of sp³-hybridized carbons (Fsp3) is 0.409. The molecule has 0 unspecified atom stereocenters. The molecule has 0 N–H and O–H groups in total. The topological polar surface area (TPSA) is 63.0 Å². The Morgan fingerprint density at radius 3 is 2.66 bits per heavy atom. The molecule has 0 spiro atoms. The smallest absolute Gasteiger partial charge is 0.253 e. The summed E-state index contributed by atoms with van der Waals surface area (Å²) in [5, 5.41) is 4.74. The molecule has 5 rings (SSSR count). The second-order valence-corrected chi connectivity index (χ2v) is 7.86. The van der Waals surface area contributed by atoms with Crippen molar-refractivity contribution in [2.45, 2.75) is 19.3 Å². The van der Waals surface area contributed by atoms with Gasteiger partial charge in [-0.1, -0.05) is 17.7 Å². The lowest BCUT2D eigenvalue weighted by molar-refractivity contribution is 0.0790. The van der Waals surface area contributed by atoms with Gasteiger partial charge in [-0.3, -0.25) is 4.79 Å². The van der Waals surface area contributed by atoms with E-state index in [1.165, 1.54) is 0 Å². The van der Waals surface area contributed by atoms with Crippen LogP contribution in [0.4, 0.5) is 5.69 Å². The summed E-state index contributed by atoms with van der Waals surface area (Å²) in [6.45, 7) is 6.74. The fourth-order valence-corrected chi connectivity index (χ4v) is 4.11. The zero-order valence-corrected chi connectivity index (χ0v) is 16.6. The number of aromatic nitrogens is 3. The second kappa shape index (κ2) is 7.48. The van der Waals surface area contributed by atoms with Crippen molar-refractivity contribution in [1.82, 2.24) is 19.5 Å². The number of hydrogen-bond acceptors (Lipinski definition) is 5. The number of anilines is 1. The van der Waals surface area contributed by atoms with E-state index in [0.717, 1.165) is 67.6 Å². The van der Waals surface area contributed by atoms with E-state index in [0.29, 0.717) is 6.54 Å². The number of fused-ring (bicyclic) bond motifs is 1. The second-order valence-electron chi connectivity index (χ2n) is 7.86. The molecule has 2 aromatic heterocycles. The number of amides is 1. The van der Waals surface area contributed by atoms with Crippen molar-refractivity contribution >= 4 is 17.2 Å². The third-order valence-corrected chi connectivity index (χ3v) is 5.85. The first-order valence-corrected chi connectivity index (χ1v) is 10.2. The van der Waals surface area contributed by atoms with Crippen LogP contribution in [-0.4, -0.2) is 64.8 Å². The van der Waals surface area contributed by atoms with Gasteiger partial charge in [0.2, 0.25) is 0 Å². The number of hydrogen-bond donors (Lipinski definition) is 0. The molecule has 0 saturated carbocycles. The number of carbonyl (C=O) groups excluding carboxylic acids is 1. The third-order valence-electron chi connectivity index (χ3n) is 5.85. The number of pyridine rings is 1. The summed E-state index contributed by atoms with van der Waals surface area (Å²) in [7, 11) is 0. The van der Waals surface area contributed by atoms with Crippen LogP contribution in [0.25, 0.3) is 5.65 Å². The van der Waals surface area contributed by atoms with Gasteiger partial charge in [-0.2, -0.15) is 5.10 Å². The highest BCUT2D eigenvalue weighted by Gasteiger charge is 2.30. The van der Waals surface area contributed by atoms with E-state index in [1.807, 2.05) is 52.9 Å². The van der Waals surface area contributed by atoms with Crippen LogP contribution in [0.1, 0.15) is 34.1 Å². The van der Waals surface area contributed by atoms with Gasteiger partial charge < -0.3 is 14.5 Å². The Morgan fingerprint density at radius 2 is 1.86 bits per heavy atom. The highest BCUT2D eigenvalue weighted by atomic mass is 16.5. The number of benzene rings is 1. The molecule has 0 aliphatic carbocycles. The molecule has 150 valence electrons. The molecule has 0 bridgehead atoms. The molecule has 2 fully saturated rings. The highest BCUT2D eigenvalue weighted by Crippen LogP contribution is 2.27. The van der Waals surface area contributed by atoms with Crippen LogP contribution in [0.15, 0.2) is 42.6 Å². The number of ether oxygens (including phenoxy) is 1. The van der Waals surface area contributed by atoms with Gasteiger partial charge in [0, 0.05) is 37.7 Å². The number of carbonyl (C=O) groups is 1. The molecule has 2 aliphatic heterocycles. The SMILES string of the molecule is Cc1ccc(C(=O)N2CC[C@H](c3nc4ccc(N5CCOCC5)cn4n3)C2)cc1. The van der Waals surface area contributed by atoms with Crippen LogP contribution in [-0.2, 0) is 4.74 Å². The van der Waals surface area contributed by atoms with E-state index in [4.69, 9.17) is 14.8 Å². The maximum atomic E-state index is 12.8. The lowest BCUT2D eigenvalue weighted by Crippen LogP contribution is -2.36. The van der Waals surface area contributed by atoms with E-state index in [9.17, 15) is 4.79 Å². The summed E-state index contributed by atoms with van der Waals surface area (Å²) < 4.78 is 7.30. The molecule has 3 aromatic rings. The minimum atomic E-state index is 0.0888. The maximum Gasteiger partial charge on any atom is 0.253 e. The molecular formula is C22H25N5O2. The van der Waals surface area contributed by atoms with E-state index in [1.54, 1.807) is 0 Å². The Hall–Kier alpha value is -2.93. The average molecular weight is 391 g/mol. The summed E-state index contributed by atoms with van der Waals surface area (Å²) in [6, 6.07) is 11.9. The third kappa shape index (κ3) is 3.58. The molecule has 0 radical (unpaired) electrons. The van der Waals surface area contributed by atoms with Crippen molar-refractivity contribution in [3.63, 3.8) is 0 Å². The molecule has 7 heteroatoms. The van der Waals surface area contributed by atoms with Crippen LogP contribution >= 0.6 is 0 Å². The zero-order valence-electron chi connectivity index (χ0n) is 16.6. The molecule has 7 nitrogen and oxygen atoms in total. The summed E-state index contributed by atoms with van der Waals surface area (Å²) in [6.07, 6.45) is 2.94. The predicted octanol–water partition coefficient (Wildman–Crippen LogP) is 2.50. The van der Waals surface area contributed by atoms with Gasteiger partial charge >= 0.3 is 0 Å². The number of aryl methyl sites for hydroxylation is 1. The molecule has 1 amide bonds. The van der Waals surface area contributed by atoms with E-state index in [-0.39, 0.29) is 11.8 Å². The Kier molecular flexibility index (Phi) is 4.67. The average Bonchev–Trinajstić information content (AvgIpc) is 3.41. The minimum absolute atomic E-state index is 0.0888. The van der Waals surface area contributed by atoms with Gasteiger partial charge in [0.05, 0.1) is 25.1 Å². The first-order chi connectivity index (χ1) is 14.2. The van der Waals surface area contributed by atoms with Gasteiger partial charge in [-0.25, -0.2) is 9.50 Å². The maximum absolute atomic E-state index is 12.8. The van der Waals surface area contributed by atoms with Crippen molar-refractivity contribution in [3.05, 3.63) is 59.5 Å². The molecule has 2 aliphatic rings. The van der Waals surface area contributed by atoms with Crippen LogP contribution in [0.5, 0.6) is 0 Å². The van der Waals surface area contributed by atoms with Gasteiger partial charge in [-0.15, -0.1) is 0 Å². The molecule has 29 heavy (non-hydrogen) atoms. The summed E-state index contributed by atoms with van der Waals surface area (Å²) in [4.78, 5) is 21.7. The monoisotopic (exact) mass is 391 g/mol. The van der Waals surface area contributed by atoms with Crippen LogP contribution in [0.2, 0.25) is 0 Å². The molecule has 2 saturated heterocycles. The Bertz CT molecular complexity index is 1020. The summed E-state index contributed by atoms with van der Waals surface area (Å²) in [5.41, 5.74) is 3.89. The molecule has 1 aromatic carbocycles. The molecular weight excluding hydrogens is 366 g/mol. The van der Waals surface area contributed by atoms with Gasteiger partial charge in [-0.05, 0) is 37.6 Å². The zero-order chi connectivity index (χ0) is 19.8. The Labute approximate surface area is 169 Å². The summed E-state index contributed by atoms with van der Waals surface area (Å²) in [5.74, 6) is 1.09. The van der Waals surface area contributed by atoms with E-state index in [2.05, 4.69) is 11.0 Å². The number of rotatable bonds is 3. The van der Waals surface area contributed by atoms with Crippen molar-refractivity contribution in [2.24, 2.45) is 0 Å². The summed E-state index contributed by atoms with van der Waals surface area (Å²) >= 11 is 0. The Balaban J connectivity index is 1.32. The number of likely N-dealkylation sites (tertiary alicyclic amines) is 1. The Morgan fingerprint density at radius 1 is 1.07 bits per heavy atom. The van der Waals surface area contributed by atoms with Crippen LogP contribution in [0, 0.1) is 6.92 Å². The number of morpholine rings is 1. The minimum Gasteiger partial charge on any atom is -0.378 e. The van der Waals surface area contributed by atoms with Crippen molar-refractivity contribution < 1.29 is 9.53 Å². The highest BCUT2D eigenvalue weighted by molar-refractivity contribution is 5.94. The fourth-order valence-electron chi connectivity index (χ4n) is 4.11. The quantitative estimate of drug-likeness (QED) is 0.687. The lowest BCUT2D eigenvalue weighted by atomic mass is 10.1. The van der Waals surface area contributed by atoms with Gasteiger partial charge in [0.1, 0.15) is 0 Å². The lowest BCUT2D eigenvalue weighted by Gasteiger charge is -2.28. The standard InChI is InChI=1S/C22H25N5O2/c1-16-2-4-17(5-3-16)22(28)26-9-8-18(14-26)21-23-20-7-6-19(15-27(20)24-21)25-10-12-29-13-11-25/h2-7,15,18H,8-14H2,1H3/t18-/m0/s1. The van der Waals surface area contributed by atoms with E-state index >= 15 is 0 Å². The van der Waals surface area contributed by atoms with Crippen molar-refractivity contribution in [2.75, 3.05) is 44.3 Å². The number of nitrogens with zero attached hydrogens (tertiary/aromatic N) is 5. The van der Waals surface area contributed by atoms with Crippen molar-refractivity contribution in [1.29, 1.82) is 0 Å². The molecule has 1 atom stereocenters. The van der Waals surface area contributed by atoms with Crippen molar-refractivity contribution in [3.8, 4) is 0 Å². The van der Waals surface area contributed by atoms with Crippen LogP contribution in [0.3, 0.4) is 0 Å². The predicted molar refractivity (Wildman–Crippen MR) is 110 cm³/mol. The van der Waals surface area contributed by atoms with Gasteiger partial charge in [0.15, 0.2) is 11.5 Å².